The van der Waals surface area contributed by atoms with Gasteiger partial charge in [-0.1, -0.05) is 0 Å². The Labute approximate surface area is 147 Å². The number of piperazine rings is 1. The van der Waals surface area contributed by atoms with Crippen molar-refractivity contribution in [2.45, 2.75) is 0 Å². The molecule has 0 atom stereocenters. The van der Waals surface area contributed by atoms with Gasteiger partial charge in [-0.15, -0.1) is 0 Å². The van der Waals surface area contributed by atoms with Crippen LogP contribution in [-0.4, -0.2) is 47.0 Å². The number of nitrogens with zero attached hydrogens (tertiary/aromatic N) is 4. The van der Waals surface area contributed by atoms with Gasteiger partial charge in [-0.2, -0.15) is 0 Å². The largest absolute Gasteiger partial charge is 0.472 e. The molecule has 1 amide bonds. The van der Waals surface area contributed by atoms with Crippen molar-refractivity contribution in [3.8, 4) is 0 Å². The van der Waals surface area contributed by atoms with Crippen LogP contribution < -0.4 is 4.90 Å². The molecule has 0 saturated carbocycles. The molecule has 0 radical (unpaired) electrons. The van der Waals surface area contributed by atoms with E-state index in [1.165, 1.54) is 12.5 Å². The molecule has 4 rings (SSSR count). The molecular formula is C17H15BrN4O2. The fourth-order valence-corrected chi connectivity index (χ4v) is 3.29. The number of hydrogen-bond donors (Lipinski definition) is 0. The molecule has 1 aliphatic heterocycles. The van der Waals surface area contributed by atoms with E-state index >= 15 is 0 Å². The number of carbonyl (C=O) groups excluding carboxylic acids is 1. The molecule has 3 aromatic heterocycles. The number of carbonyl (C=O) groups is 1. The summed E-state index contributed by atoms with van der Waals surface area (Å²) in [7, 11) is 0. The topological polar surface area (TPSA) is 62.5 Å². The van der Waals surface area contributed by atoms with E-state index in [1.807, 2.05) is 17.0 Å². The van der Waals surface area contributed by atoms with Crippen molar-refractivity contribution in [1.29, 1.82) is 0 Å². The quantitative estimate of drug-likeness (QED) is 0.677. The first-order valence-electron chi connectivity index (χ1n) is 7.69. The molecule has 4 heterocycles. The van der Waals surface area contributed by atoms with Crippen LogP contribution >= 0.6 is 15.9 Å². The smallest absolute Gasteiger partial charge is 0.257 e. The number of hydrogen-bond acceptors (Lipinski definition) is 5. The number of pyridine rings is 2. The lowest BCUT2D eigenvalue weighted by Gasteiger charge is -2.36. The van der Waals surface area contributed by atoms with Crippen molar-refractivity contribution in [3.63, 3.8) is 0 Å². The molecule has 1 aliphatic rings. The highest BCUT2D eigenvalue weighted by atomic mass is 79.9. The van der Waals surface area contributed by atoms with Gasteiger partial charge in [-0.3, -0.25) is 14.8 Å². The van der Waals surface area contributed by atoms with Gasteiger partial charge in [0.05, 0.1) is 23.0 Å². The van der Waals surface area contributed by atoms with Crippen molar-refractivity contribution >= 4 is 38.6 Å². The monoisotopic (exact) mass is 386 g/mol. The number of rotatable bonds is 2. The molecule has 0 aromatic carbocycles. The van der Waals surface area contributed by atoms with Crippen molar-refractivity contribution in [1.82, 2.24) is 14.9 Å². The van der Waals surface area contributed by atoms with Gasteiger partial charge in [-0.05, 0) is 34.1 Å². The lowest BCUT2D eigenvalue weighted by molar-refractivity contribution is 0.0746. The minimum Gasteiger partial charge on any atom is -0.472 e. The Morgan fingerprint density at radius 2 is 2.00 bits per heavy atom. The van der Waals surface area contributed by atoms with Gasteiger partial charge in [0.2, 0.25) is 0 Å². The molecule has 3 aromatic rings. The second kappa shape index (κ2) is 6.24. The summed E-state index contributed by atoms with van der Waals surface area (Å²) >= 11 is 3.43. The van der Waals surface area contributed by atoms with Crippen molar-refractivity contribution in [3.05, 3.63) is 53.2 Å². The van der Waals surface area contributed by atoms with E-state index in [-0.39, 0.29) is 5.91 Å². The Balaban J connectivity index is 1.53. The van der Waals surface area contributed by atoms with Crippen LogP contribution in [0, 0.1) is 0 Å². The molecular weight excluding hydrogens is 372 g/mol. The average molecular weight is 387 g/mol. The van der Waals surface area contributed by atoms with E-state index in [2.05, 4.69) is 30.8 Å². The Bertz CT molecular complexity index is 873. The van der Waals surface area contributed by atoms with Crippen LogP contribution in [0.2, 0.25) is 0 Å². The Hall–Kier alpha value is -2.41. The van der Waals surface area contributed by atoms with Crippen molar-refractivity contribution in [2.75, 3.05) is 31.1 Å². The third-order valence-electron chi connectivity index (χ3n) is 4.20. The minimum atomic E-state index is 0.0186. The molecule has 0 N–H and O–H groups in total. The van der Waals surface area contributed by atoms with Crippen LogP contribution in [0.5, 0.6) is 0 Å². The molecule has 0 unspecified atom stereocenters. The maximum Gasteiger partial charge on any atom is 0.257 e. The first-order chi connectivity index (χ1) is 11.7. The number of furan rings is 1. The van der Waals surface area contributed by atoms with Gasteiger partial charge in [0, 0.05) is 43.0 Å². The summed E-state index contributed by atoms with van der Waals surface area (Å²) in [6, 6.07) is 5.65. The van der Waals surface area contributed by atoms with E-state index in [0.29, 0.717) is 18.7 Å². The summed E-state index contributed by atoms with van der Waals surface area (Å²) in [4.78, 5) is 25.4. The molecule has 0 aliphatic carbocycles. The van der Waals surface area contributed by atoms with E-state index in [0.717, 1.165) is 34.3 Å². The van der Waals surface area contributed by atoms with Gasteiger partial charge >= 0.3 is 0 Å². The molecule has 0 bridgehead atoms. The summed E-state index contributed by atoms with van der Waals surface area (Å²) in [5.41, 5.74) is 3.40. The molecule has 0 spiro atoms. The van der Waals surface area contributed by atoms with Crippen molar-refractivity contribution < 1.29 is 9.21 Å². The van der Waals surface area contributed by atoms with Crippen molar-refractivity contribution in [2.24, 2.45) is 0 Å². The van der Waals surface area contributed by atoms with E-state index in [1.54, 1.807) is 18.5 Å². The lowest BCUT2D eigenvalue weighted by atomic mass is 10.2. The van der Waals surface area contributed by atoms with Gasteiger partial charge in [0.1, 0.15) is 11.8 Å². The Morgan fingerprint density at radius 1 is 1.17 bits per heavy atom. The maximum atomic E-state index is 12.4. The Kier molecular flexibility index (Phi) is 3.93. The van der Waals surface area contributed by atoms with Crippen LogP contribution in [0.15, 0.2) is 52.0 Å². The van der Waals surface area contributed by atoms with Gasteiger partial charge in [0.25, 0.3) is 5.91 Å². The fraction of sp³-hybridized carbons (Fsp3) is 0.235. The van der Waals surface area contributed by atoms with E-state index in [4.69, 9.17) is 4.42 Å². The fourth-order valence-electron chi connectivity index (χ4n) is 2.97. The average Bonchev–Trinajstić information content (AvgIpc) is 3.15. The third-order valence-corrected chi connectivity index (χ3v) is 4.63. The third kappa shape index (κ3) is 2.75. The summed E-state index contributed by atoms with van der Waals surface area (Å²) in [5, 5.41) is 0. The first kappa shape index (κ1) is 15.1. The van der Waals surface area contributed by atoms with Crippen LogP contribution in [0.25, 0.3) is 11.0 Å². The number of halogens is 1. The maximum absolute atomic E-state index is 12.4. The standard InChI is InChI=1S/C17H15BrN4O2/c18-13-9-14-16(20-10-13)15(1-3-19-14)21-4-6-22(7-5-21)17(23)12-2-8-24-11-12/h1-3,8-11H,4-7H2. The molecule has 24 heavy (non-hydrogen) atoms. The zero-order valence-electron chi connectivity index (χ0n) is 12.9. The molecule has 1 saturated heterocycles. The predicted molar refractivity (Wildman–Crippen MR) is 94.1 cm³/mol. The number of aromatic nitrogens is 2. The van der Waals surface area contributed by atoms with Crippen LogP contribution in [0.4, 0.5) is 5.69 Å². The van der Waals surface area contributed by atoms with Crippen LogP contribution in [0.1, 0.15) is 10.4 Å². The first-order valence-corrected chi connectivity index (χ1v) is 8.48. The number of fused-ring (bicyclic) bond motifs is 1. The second-order valence-corrected chi connectivity index (χ2v) is 6.56. The summed E-state index contributed by atoms with van der Waals surface area (Å²) < 4.78 is 5.91. The van der Waals surface area contributed by atoms with Crippen LogP contribution in [0.3, 0.4) is 0 Å². The molecule has 6 nitrogen and oxygen atoms in total. The number of amides is 1. The summed E-state index contributed by atoms with van der Waals surface area (Å²) in [6.45, 7) is 2.87. The van der Waals surface area contributed by atoms with E-state index in [9.17, 15) is 4.79 Å². The normalized spacial score (nSPS) is 15.0. The van der Waals surface area contributed by atoms with Gasteiger partial charge < -0.3 is 14.2 Å². The lowest BCUT2D eigenvalue weighted by Crippen LogP contribution is -2.48. The van der Waals surface area contributed by atoms with Crippen LogP contribution in [-0.2, 0) is 0 Å². The minimum absolute atomic E-state index is 0.0186. The zero-order chi connectivity index (χ0) is 16.5. The highest BCUT2D eigenvalue weighted by Gasteiger charge is 2.24. The Morgan fingerprint density at radius 3 is 2.75 bits per heavy atom. The second-order valence-electron chi connectivity index (χ2n) is 5.64. The molecule has 7 heteroatoms. The van der Waals surface area contributed by atoms with Gasteiger partial charge in [-0.25, -0.2) is 0 Å². The predicted octanol–water partition coefficient (Wildman–Crippen LogP) is 2.95. The highest BCUT2D eigenvalue weighted by molar-refractivity contribution is 9.10. The molecule has 1 fully saturated rings. The highest BCUT2D eigenvalue weighted by Crippen LogP contribution is 2.26. The number of anilines is 1. The molecule has 122 valence electrons. The summed E-state index contributed by atoms with van der Waals surface area (Å²) in [6.07, 6.45) is 6.60. The van der Waals surface area contributed by atoms with E-state index < -0.39 is 0 Å². The SMILES string of the molecule is O=C(c1ccoc1)N1CCN(c2ccnc3cc(Br)cnc23)CC1. The zero-order valence-corrected chi connectivity index (χ0v) is 14.4. The summed E-state index contributed by atoms with van der Waals surface area (Å²) in [5.74, 6) is 0.0186. The van der Waals surface area contributed by atoms with Gasteiger partial charge in [0.15, 0.2) is 0 Å².